The zero-order chi connectivity index (χ0) is 19.4. The van der Waals surface area contributed by atoms with Crippen molar-refractivity contribution in [3.05, 3.63) is 65.4 Å². The van der Waals surface area contributed by atoms with Crippen LogP contribution >= 0.6 is 11.6 Å². The first-order valence-electron chi connectivity index (χ1n) is 8.11. The summed E-state index contributed by atoms with van der Waals surface area (Å²) in [6.45, 7) is 0. The van der Waals surface area contributed by atoms with E-state index in [1.54, 1.807) is 37.4 Å². The lowest BCUT2D eigenvalue weighted by Gasteiger charge is -2.15. The number of nitrogens with zero attached hydrogens (tertiary/aromatic N) is 1. The summed E-state index contributed by atoms with van der Waals surface area (Å²) in [5, 5.41) is 3.24. The summed E-state index contributed by atoms with van der Waals surface area (Å²) >= 11 is 6.40. The van der Waals surface area contributed by atoms with Gasteiger partial charge in [-0.05, 0) is 30.3 Å². The van der Waals surface area contributed by atoms with Gasteiger partial charge in [0.1, 0.15) is 17.2 Å². The van der Waals surface area contributed by atoms with Crippen LogP contribution in [0.3, 0.4) is 0 Å². The van der Waals surface area contributed by atoms with Gasteiger partial charge in [0, 0.05) is 24.5 Å². The Morgan fingerprint density at radius 3 is 2.30 bits per heavy atom. The normalized spacial score (nSPS) is 10.4. The first-order chi connectivity index (χ1) is 13.1. The van der Waals surface area contributed by atoms with Crippen molar-refractivity contribution in [2.75, 3.05) is 26.6 Å². The van der Waals surface area contributed by atoms with Gasteiger partial charge in [0.15, 0.2) is 0 Å². The van der Waals surface area contributed by atoms with Gasteiger partial charge in [-0.3, -0.25) is 4.79 Å². The Labute approximate surface area is 162 Å². The van der Waals surface area contributed by atoms with E-state index in [-0.39, 0.29) is 5.91 Å². The summed E-state index contributed by atoms with van der Waals surface area (Å²) < 4.78 is 17.8. The van der Waals surface area contributed by atoms with Gasteiger partial charge in [-0.1, -0.05) is 11.6 Å². The number of rotatable bonds is 6. The fourth-order valence-corrected chi connectivity index (χ4v) is 2.94. The molecule has 7 heteroatoms. The Bertz CT molecular complexity index is 955. The van der Waals surface area contributed by atoms with Crippen LogP contribution in [0.1, 0.15) is 10.4 Å². The SMILES string of the molecule is COc1ccc(OC)c(NC(=O)c2cc(Cl)c(-n3cccc3)cc2OC)c1. The van der Waals surface area contributed by atoms with Crippen molar-refractivity contribution in [3.8, 4) is 22.9 Å². The standard InChI is InChI=1S/C20H19ClN2O4/c1-25-13-6-7-18(26-2)16(10-13)22-20(24)14-11-15(21)17(12-19(14)27-3)23-8-4-5-9-23/h4-12H,1-3H3,(H,22,24). The molecule has 140 valence electrons. The van der Waals surface area contributed by atoms with E-state index in [1.807, 2.05) is 29.1 Å². The minimum Gasteiger partial charge on any atom is -0.497 e. The number of carbonyl (C=O) groups excluding carboxylic acids is 1. The Morgan fingerprint density at radius 1 is 0.963 bits per heavy atom. The van der Waals surface area contributed by atoms with Crippen LogP contribution < -0.4 is 19.5 Å². The van der Waals surface area contributed by atoms with E-state index in [1.165, 1.54) is 14.2 Å². The molecule has 1 N–H and O–H groups in total. The average molecular weight is 387 g/mol. The minimum atomic E-state index is -0.376. The van der Waals surface area contributed by atoms with E-state index in [0.29, 0.717) is 39.2 Å². The predicted molar refractivity (Wildman–Crippen MR) is 105 cm³/mol. The average Bonchev–Trinajstić information content (AvgIpc) is 3.22. The van der Waals surface area contributed by atoms with Gasteiger partial charge < -0.3 is 24.1 Å². The molecule has 3 aromatic rings. The molecule has 0 fully saturated rings. The van der Waals surface area contributed by atoms with Crippen molar-refractivity contribution in [3.63, 3.8) is 0 Å². The van der Waals surface area contributed by atoms with E-state index >= 15 is 0 Å². The van der Waals surface area contributed by atoms with Crippen LogP contribution in [-0.4, -0.2) is 31.8 Å². The van der Waals surface area contributed by atoms with E-state index in [2.05, 4.69) is 5.32 Å². The molecule has 3 rings (SSSR count). The number of hydrogen-bond acceptors (Lipinski definition) is 4. The van der Waals surface area contributed by atoms with Crippen molar-refractivity contribution in [2.45, 2.75) is 0 Å². The molecule has 0 bridgehead atoms. The molecule has 0 atom stereocenters. The van der Waals surface area contributed by atoms with E-state index < -0.39 is 0 Å². The quantitative estimate of drug-likeness (QED) is 0.681. The van der Waals surface area contributed by atoms with Crippen LogP contribution in [0.15, 0.2) is 54.9 Å². The number of methoxy groups -OCH3 is 3. The van der Waals surface area contributed by atoms with Crippen LogP contribution in [0.5, 0.6) is 17.2 Å². The third-order valence-corrected chi connectivity index (χ3v) is 4.35. The molecule has 1 amide bonds. The third-order valence-electron chi connectivity index (χ3n) is 4.05. The fourth-order valence-electron chi connectivity index (χ4n) is 2.68. The maximum Gasteiger partial charge on any atom is 0.259 e. The first kappa shape index (κ1) is 18.7. The molecule has 0 saturated carbocycles. The summed E-state index contributed by atoms with van der Waals surface area (Å²) in [5.41, 5.74) is 1.51. The highest BCUT2D eigenvalue weighted by Crippen LogP contribution is 2.33. The molecule has 0 aliphatic rings. The number of amides is 1. The van der Waals surface area contributed by atoms with Crippen LogP contribution in [0.2, 0.25) is 5.02 Å². The maximum atomic E-state index is 12.9. The lowest BCUT2D eigenvalue weighted by atomic mass is 10.1. The number of carbonyl (C=O) groups is 1. The Balaban J connectivity index is 1.97. The molecular formula is C20H19ClN2O4. The zero-order valence-corrected chi connectivity index (χ0v) is 15.9. The monoisotopic (exact) mass is 386 g/mol. The van der Waals surface area contributed by atoms with Crippen molar-refractivity contribution in [2.24, 2.45) is 0 Å². The molecule has 0 radical (unpaired) electrons. The van der Waals surface area contributed by atoms with E-state index in [4.69, 9.17) is 25.8 Å². The molecule has 0 spiro atoms. The number of nitrogens with one attached hydrogen (secondary N) is 1. The van der Waals surface area contributed by atoms with Crippen LogP contribution in [0, 0.1) is 0 Å². The van der Waals surface area contributed by atoms with Crippen LogP contribution in [0.25, 0.3) is 5.69 Å². The molecule has 1 aromatic heterocycles. The van der Waals surface area contributed by atoms with E-state index in [9.17, 15) is 4.79 Å². The topological polar surface area (TPSA) is 61.7 Å². The van der Waals surface area contributed by atoms with Gasteiger partial charge >= 0.3 is 0 Å². The first-order valence-corrected chi connectivity index (χ1v) is 8.49. The predicted octanol–water partition coefficient (Wildman–Crippen LogP) is 4.41. The maximum absolute atomic E-state index is 12.9. The Morgan fingerprint density at radius 2 is 1.67 bits per heavy atom. The van der Waals surface area contributed by atoms with Gasteiger partial charge in [-0.15, -0.1) is 0 Å². The van der Waals surface area contributed by atoms with Crippen LogP contribution in [0.4, 0.5) is 5.69 Å². The van der Waals surface area contributed by atoms with Crippen LogP contribution in [-0.2, 0) is 0 Å². The molecule has 27 heavy (non-hydrogen) atoms. The second kappa shape index (κ2) is 8.05. The molecule has 6 nitrogen and oxygen atoms in total. The highest BCUT2D eigenvalue weighted by molar-refractivity contribution is 6.33. The number of anilines is 1. The molecule has 0 unspecified atom stereocenters. The summed E-state index contributed by atoms with van der Waals surface area (Å²) in [6, 6.07) is 12.2. The molecule has 0 aliphatic heterocycles. The second-order valence-electron chi connectivity index (χ2n) is 5.61. The molecule has 0 saturated heterocycles. The van der Waals surface area contributed by atoms with Gasteiger partial charge in [-0.25, -0.2) is 0 Å². The highest BCUT2D eigenvalue weighted by Gasteiger charge is 2.18. The number of aromatic nitrogens is 1. The van der Waals surface area contributed by atoms with Gasteiger partial charge in [0.25, 0.3) is 5.91 Å². The number of benzene rings is 2. The summed E-state index contributed by atoms with van der Waals surface area (Å²) in [4.78, 5) is 12.9. The van der Waals surface area contributed by atoms with E-state index in [0.717, 1.165) is 0 Å². The molecule has 2 aromatic carbocycles. The molecular weight excluding hydrogens is 368 g/mol. The van der Waals surface area contributed by atoms with Gasteiger partial charge in [-0.2, -0.15) is 0 Å². The van der Waals surface area contributed by atoms with Gasteiger partial charge in [0.2, 0.25) is 0 Å². The lowest BCUT2D eigenvalue weighted by Crippen LogP contribution is -2.14. The second-order valence-corrected chi connectivity index (χ2v) is 6.02. The molecule has 1 heterocycles. The largest absolute Gasteiger partial charge is 0.497 e. The fraction of sp³-hybridized carbons (Fsp3) is 0.150. The van der Waals surface area contributed by atoms with Crippen molar-refractivity contribution >= 4 is 23.2 Å². The highest BCUT2D eigenvalue weighted by atomic mass is 35.5. The van der Waals surface area contributed by atoms with Crippen molar-refractivity contribution in [1.82, 2.24) is 4.57 Å². The van der Waals surface area contributed by atoms with Gasteiger partial charge in [0.05, 0.1) is 43.3 Å². The zero-order valence-electron chi connectivity index (χ0n) is 15.2. The minimum absolute atomic E-state index is 0.309. The number of hydrogen-bond donors (Lipinski definition) is 1. The summed E-state index contributed by atoms with van der Waals surface area (Å²) in [5.74, 6) is 1.14. The third kappa shape index (κ3) is 3.85. The van der Waals surface area contributed by atoms with Crippen molar-refractivity contribution < 1.29 is 19.0 Å². The summed E-state index contributed by atoms with van der Waals surface area (Å²) in [6.07, 6.45) is 3.73. The Hall–Kier alpha value is -3.12. The Kier molecular flexibility index (Phi) is 5.57. The summed E-state index contributed by atoms with van der Waals surface area (Å²) in [7, 11) is 4.59. The van der Waals surface area contributed by atoms with Crippen molar-refractivity contribution in [1.29, 1.82) is 0 Å². The number of halogens is 1. The molecule has 0 aliphatic carbocycles. The lowest BCUT2D eigenvalue weighted by molar-refractivity contribution is 0.102. The smallest absolute Gasteiger partial charge is 0.259 e. The number of ether oxygens (including phenoxy) is 3.